The van der Waals surface area contributed by atoms with Gasteiger partial charge in [0.2, 0.25) is 0 Å². The molecule has 0 unspecified atom stereocenters. The standard InChI is InChI=1S/C18H24FN5O4S/c1-13-5-6-15(12-20-13)21-18(25)22-16-9-14(19)10-17(11-16)28-8-7-24(4)29(26,27)23(2)3/h5-6,9-12H,7-8H2,1-4H3,(H2,21,22,25). The Labute approximate surface area is 169 Å². The number of nitrogens with zero attached hydrogens (tertiary/aromatic N) is 3. The maximum Gasteiger partial charge on any atom is 0.323 e. The summed E-state index contributed by atoms with van der Waals surface area (Å²) >= 11 is 0. The number of hydrogen-bond donors (Lipinski definition) is 2. The van der Waals surface area contributed by atoms with E-state index in [1.54, 1.807) is 12.1 Å². The van der Waals surface area contributed by atoms with Crippen LogP contribution in [0.25, 0.3) is 0 Å². The van der Waals surface area contributed by atoms with Crippen LogP contribution < -0.4 is 15.4 Å². The quantitative estimate of drug-likeness (QED) is 0.675. The first kappa shape index (κ1) is 22.5. The first-order valence-electron chi connectivity index (χ1n) is 8.66. The zero-order valence-corrected chi connectivity index (χ0v) is 17.5. The average molecular weight is 425 g/mol. The van der Waals surface area contributed by atoms with Crippen LogP contribution in [-0.2, 0) is 10.2 Å². The molecular weight excluding hydrogens is 401 g/mol. The lowest BCUT2D eigenvalue weighted by Crippen LogP contribution is -2.39. The van der Waals surface area contributed by atoms with Crippen molar-refractivity contribution in [3.63, 3.8) is 0 Å². The first-order valence-corrected chi connectivity index (χ1v) is 10.1. The third kappa shape index (κ3) is 6.66. The van der Waals surface area contributed by atoms with Gasteiger partial charge in [-0.15, -0.1) is 0 Å². The van der Waals surface area contributed by atoms with E-state index in [4.69, 9.17) is 4.74 Å². The molecule has 0 aliphatic carbocycles. The highest BCUT2D eigenvalue weighted by Crippen LogP contribution is 2.21. The Kier molecular flexibility index (Phi) is 7.48. The molecule has 0 saturated carbocycles. The number of urea groups is 1. The number of rotatable bonds is 8. The van der Waals surface area contributed by atoms with Gasteiger partial charge in [-0.05, 0) is 25.1 Å². The molecular formula is C18H24FN5O4S. The monoisotopic (exact) mass is 425 g/mol. The summed E-state index contributed by atoms with van der Waals surface area (Å²) in [4.78, 5) is 16.1. The van der Waals surface area contributed by atoms with Crippen LogP contribution in [0.1, 0.15) is 5.69 Å². The molecule has 0 spiro atoms. The number of aromatic nitrogens is 1. The van der Waals surface area contributed by atoms with E-state index < -0.39 is 22.1 Å². The Morgan fingerprint density at radius 3 is 2.45 bits per heavy atom. The number of carbonyl (C=O) groups is 1. The van der Waals surface area contributed by atoms with Crippen LogP contribution >= 0.6 is 0 Å². The van der Waals surface area contributed by atoms with Gasteiger partial charge in [-0.1, -0.05) is 0 Å². The largest absolute Gasteiger partial charge is 0.492 e. The number of aryl methyl sites for hydroxylation is 1. The highest BCUT2D eigenvalue weighted by molar-refractivity contribution is 7.86. The molecule has 0 radical (unpaired) electrons. The minimum absolute atomic E-state index is 0.00763. The third-order valence-electron chi connectivity index (χ3n) is 3.83. The molecule has 1 aromatic carbocycles. The van der Waals surface area contributed by atoms with Gasteiger partial charge in [0.25, 0.3) is 10.2 Å². The van der Waals surface area contributed by atoms with E-state index in [1.807, 2.05) is 6.92 Å². The van der Waals surface area contributed by atoms with Crippen LogP contribution in [0.2, 0.25) is 0 Å². The summed E-state index contributed by atoms with van der Waals surface area (Å²) in [6, 6.07) is 6.60. The molecule has 0 saturated heterocycles. The van der Waals surface area contributed by atoms with Crippen molar-refractivity contribution in [2.45, 2.75) is 6.92 Å². The van der Waals surface area contributed by atoms with E-state index >= 15 is 0 Å². The highest BCUT2D eigenvalue weighted by atomic mass is 32.2. The molecule has 2 N–H and O–H groups in total. The second-order valence-corrected chi connectivity index (χ2v) is 8.65. The van der Waals surface area contributed by atoms with E-state index in [9.17, 15) is 17.6 Å². The molecule has 2 aromatic rings. The van der Waals surface area contributed by atoms with Gasteiger partial charge >= 0.3 is 6.03 Å². The fourth-order valence-electron chi connectivity index (χ4n) is 2.24. The van der Waals surface area contributed by atoms with E-state index in [-0.39, 0.29) is 24.6 Å². The normalized spacial score (nSPS) is 11.6. The van der Waals surface area contributed by atoms with Crippen LogP contribution in [0.15, 0.2) is 36.5 Å². The number of ether oxygens (including phenoxy) is 1. The van der Waals surface area contributed by atoms with Crippen molar-refractivity contribution in [3.05, 3.63) is 48.0 Å². The number of carbonyl (C=O) groups excluding carboxylic acids is 1. The van der Waals surface area contributed by atoms with Crippen molar-refractivity contribution in [1.29, 1.82) is 0 Å². The fraction of sp³-hybridized carbons (Fsp3) is 0.333. The van der Waals surface area contributed by atoms with E-state index in [1.165, 1.54) is 33.4 Å². The lowest BCUT2D eigenvalue weighted by atomic mass is 10.3. The summed E-state index contributed by atoms with van der Waals surface area (Å²) in [5.74, 6) is -0.447. The Balaban J connectivity index is 1.95. The number of halogens is 1. The summed E-state index contributed by atoms with van der Waals surface area (Å²) in [6.45, 7) is 1.90. The number of hydrogen-bond acceptors (Lipinski definition) is 5. The van der Waals surface area contributed by atoms with Crippen molar-refractivity contribution in [2.24, 2.45) is 0 Å². The maximum atomic E-state index is 13.9. The van der Waals surface area contributed by atoms with Gasteiger partial charge in [-0.25, -0.2) is 9.18 Å². The summed E-state index contributed by atoms with van der Waals surface area (Å²) < 4.78 is 45.4. The Morgan fingerprint density at radius 2 is 1.83 bits per heavy atom. The summed E-state index contributed by atoms with van der Waals surface area (Å²) in [5.41, 5.74) is 1.49. The van der Waals surface area contributed by atoms with Crippen molar-refractivity contribution in [2.75, 3.05) is 44.9 Å². The van der Waals surface area contributed by atoms with Gasteiger partial charge in [-0.2, -0.15) is 17.0 Å². The average Bonchev–Trinajstić information content (AvgIpc) is 2.62. The molecule has 0 aliphatic heterocycles. The number of likely N-dealkylation sites (N-methyl/N-ethyl adjacent to an activating group) is 1. The fourth-order valence-corrected chi connectivity index (χ4v) is 3.10. The van der Waals surface area contributed by atoms with E-state index in [0.717, 1.165) is 26.4 Å². The van der Waals surface area contributed by atoms with Crippen LogP contribution in [0.3, 0.4) is 0 Å². The summed E-state index contributed by atoms with van der Waals surface area (Å²) in [7, 11) is 0.715. The first-order chi connectivity index (χ1) is 13.6. The maximum absolute atomic E-state index is 13.9. The number of benzene rings is 1. The van der Waals surface area contributed by atoms with Crippen LogP contribution in [0, 0.1) is 12.7 Å². The van der Waals surface area contributed by atoms with Crippen molar-refractivity contribution in [1.82, 2.24) is 13.6 Å². The van der Waals surface area contributed by atoms with Crippen LogP contribution in [-0.4, -0.2) is 62.3 Å². The lowest BCUT2D eigenvalue weighted by molar-refractivity contribution is 0.262. The highest BCUT2D eigenvalue weighted by Gasteiger charge is 2.20. The zero-order valence-electron chi connectivity index (χ0n) is 16.6. The van der Waals surface area contributed by atoms with Crippen molar-refractivity contribution in [3.8, 4) is 5.75 Å². The third-order valence-corrected chi connectivity index (χ3v) is 5.72. The molecule has 1 aromatic heterocycles. The minimum Gasteiger partial charge on any atom is -0.492 e. The van der Waals surface area contributed by atoms with E-state index in [0.29, 0.717) is 5.69 Å². The molecule has 2 rings (SSSR count). The van der Waals surface area contributed by atoms with Crippen molar-refractivity contribution < 1.29 is 22.3 Å². The van der Waals surface area contributed by atoms with Gasteiger partial charge in [0.05, 0.1) is 11.9 Å². The number of anilines is 2. The number of pyridine rings is 1. The number of amides is 2. The Bertz CT molecular complexity index is 951. The van der Waals surface area contributed by atoms with Crippen LogP contribution in [0.5, 0.6) is 5.75 Å². The summed E-state index contributed by atoms with van der Waals surface area (Å²) in [5, 5.41) is 5.10. The topological polar surface area (TPSA) is 104 Å². The Morgan fingerprint density at radius 1 is 1.14 bits per heavy atom. The minimum atomic E-state index is -3.55. The van der Waals surface area contributed by atoms with Gasteiger partial charge < -0.3 is 15.4 Å². The smallest absolute Gasteiger partial charge is 0.323 e. The Hall–Kier alpha value is -2.76. The zero-order chi connectivity index (χ0) is 21.6. The predicted octanol–water partition coefficient (Wildman–Crippen LogP) is 2.29. The SMILES string of the molecule is Cc1ccc(NC(=O)Nc2cc(F)cc(OCCN(C)S(=O)(=O)N(C)C)c2)cn1. The molecule has 1 heterocycles. The molecule has 0 fully saturated rings. The molecule has 0 aliphatic rings. The molecule has 158 valence electrons. The molecule has 11 heteroatoms. The van der Waals surface area contributed by atoms with Gasteiger partial charge in [-0.3, -0.25) is 4.98 Å². The predicted molar refractivity (Wildman–Crippen MR) is 109 cm³/mol. The van der Waals surface area contributed by atoms with Crippen LogP contribution in [0.4, 0.5) is 20.6 Å². The van der Waals surface area contributed by atoms with Crippen molar-refractivity contribution >= 4 is 27.6 Å². The molecule has 0 bridgehead atoms. The molecule has 9 nitrogen and oxygen atoms in total. The summed E-state index contributed by atoms with van der Waals surface area (Å²) in [6.07, 6.45) is 1.51. The number of nitrogens with one attached hydrogen (secondary N) is 2. The van der Waals surface area contributed by atoms with Gasteiger partial charge in [0.15, 0.2) is 0 Å². The second kappa shape index (κ2) is 9.63. The van der Waals surface area contributed by atoms with E-state index in [2.05, 4.69) is 15.6 Å². The molecule has 29 heavy (non-hydrogen) atoms. The van der Waals surface area contributed by atoms with Gasteiger partial charge in [0.1, 0.15) is 18.2 Å². The van der Waals surface area contributed by atoms with Gasteiger partial charge in [0, 0.05) is 51.2 Å². The molecule has 0 atom stereocenters. The molecule has 2 amide bonds. The second-order valence-electron chi connectivity index (χ2n) is 6.40. The lowest BCUT2D eigenvalue weighted by Gasteiger charge is -2.21.